The summed E-state index contributed by atoms with van der Waals surface area (Å²) in [6.07, 6.45) is 6.33. The van der Waals surface area contributed by atoms with E-state index >= 15 is 0 Å². The molecule has 0 aliphatic rings. The highest BCUT2D eigenvalue weighted by atomic mass is 16.3. The summed E-state index contributed by atoms with van der Waals surface area (Å²) in [7, 11) is 0. The molecule has 0 spiro atoms. The first-order valence-corrected chi connectivity index (χ1v) is 6.46. The van der Waals surface area contributed by atoms with Crippen LogP contribution in [0, 0.1) is 0 Å². The van der Waals surface area contributed by atoms with Gasteiger partial charge in [-0.3, -0.25) is 0 Å². The van der Waals surface area contributed by atoms with Gasteiger partial charge in [0.2, 0.25) is 0 Å². The lowest BCUT2D eigenvalue weighted by Gasteiger charge is -2.01. The molecule has 0 fully saturated rings. The van der Waals surface area contributed by atoms with Gasteiger partial charge in [0.15, 0.2) is 12.2 Å². The number of nitrogens with zero attached hydrogens (tertiary/aromatic N) is 3. The van der Waals surface area contributed by atoms with E-state index in [1.807, 2.05) is 35.1 Å². The van der Waals surface area contributed by atoms with E-state index in [-0.39, 0.29) is 0 Å². The number of nitrogens with one attached hydrogen (secondary N) is 1. The van der Waals surface area contributed by atoms with E-state index in [0.29, 0.717) is 6.54 Å². The minimum Gasteiger partial charge on any atom is -0.443 e. The Kier molecular flexibility index (Phi) is 3.29. The Labute approximate surface area is 111 Å². The predicted octanol–water partition coefficient (Wildman–Crippen LogP) is 2.49. The van der Waals surface area contributed by atoms with Gasteiger partial charge in [0.05, 0.1) is 17.3 Å². The number of hydrogen-bond acceptors (Lipinski definition) is 4. The molecule has 0 bridgehead atoms. The molecule has 19 heavy (non-hydrogen) atoms. The van der Waals surface area contributed by atoms with Crippen LogP contribution in [0.25, 0.3) is 16.8 Å². The Hall–Kier alpha value is -2.14. The molecule has 5 heteroatoms. The Balaban J connectivity index is 1.96. The number of hydrogen-bond donors (Lipinski definition) is 1. The molecular weight excluding hydrogens is 240 g/mol. The normalized spacial score (nSPS) is 11.2. The summed E-state index contributed by atoms with van der Waals surface area (Å²) < 4.78 is 7.38. The van der Waals surface area contributed by atoms with Crippen LogP contribution in [0.1, 0.15) is 19.0 Å². The second kappa shape index (κ2) is 5.24. The Bertz CT molecular complexity index is 671. The smallest absolute Gasteiger partial charge is 0.181 e. The van der Waals surface area contributed by atoms with Crippen molar-refractivity contribution in [1.82, 2.24) is 19.9 Å². The minimum atomic E-state index is 0.712. The van der Waals surface area contributed by atoms with Gasteiger partial charge in [-0.2, -0.15) is 5.10 Å². The highest BCUT2D eigenvalue weighted by Gasteiger charge is 2.14. The molecule has 3 aromatic rings. The second-order valence-electron chi connectivity index (χ2n) is 4.39. The van der Waals surface area contributed by atoms with Crippen LogP contribution >= 0.6 is 0 Å². The van der Waals surface area contributed by atoms with Crippen LogP contribution in [0.4, 0.5) is 0 Å². The van der Waals surface area contributed by atoms with Gasteiger partial charge >= 0.3 is 0 Å². The highest BCUT2D eigenvalue weighted by molar-refractivity contribution is 5.77. The molecule has 0 atom stereocenters. The summed E-state index contributed by atoms with van der Waals surface area (Å²) in [5.74, 6) is 0.796. The molecule has 0 amide bonds. The van der Waals surface area contributed by atoms with Crippen molar-refractivity contribution in [2.24, 2.45) is 0 Å². The van der Waals surface area contributed by atoms with Crippen LogP contribution in [-0.4, -0.2) is 21.1 Å². The number of fused-ring (bicyclic) bond motifs is 1. The van der Waals surface area contributed by atoms with E-state index in [9.17, 15) is 0 Å². The highest BCUT2D eigenvalue weighted by Crippen LogP contribution is 2.27. The van der Waals surface area contributed by atoms with E-state index in [0.717, 1.165) is 35.5 Å². The first kappa shape index (κ1) is 11.9. The third-order valence-electron chi connectivity index (χ3n) is 3.03. The van der Waals surface area contributed by atoms with Crippen LogP contribution in [-0.2, 0) is 6.54 Å². The van der Waals surface area contributed by atoms with Gasteiger partial charge in [-0.25, -0.2) is 9.50 Å². The third-order valence-corrected chi connectivity index (χ3v) is 3.03. The lowest BCUT2D eigenvalue weighted by Crippen LogP contribution is -2.14. The van der Waals surface area contributed by atoms with Crippen molar-refractivity contribution in [3.63, 3.8) is 0 Å². The molecule has 0 unspecified atom stereocenters. The second-order valence-corrected chi connectivity index (χ2v) is 4.39. The van der Waals surface area contributed by atoms with E-state index in [1.54, 1.807) is 0 Å². The van der Waals surface area contributed by atoms with Crippen LogP contribution in [0.2, 0.25) is 0 Å². The molecule has 5 nitrogen and oxygen atoms in total. The van der Waals surface area contributed by atoms with Gasteiger partial charge in [0.25, 0.3) is 0 Å². The SMILES string of the molecule is CCCNCc1ncoc1-c1cnn2ccccc12. The van der Waals surface area contributed by atoms with Crippen molar-refractivity contribution < 1.29 is 4.42 Å². The molecule has 0 radical (unpaired) electrons. The zero-order valence-electron chi connectivity index (χ0n) is 10.8. The van der Waals surface area contributed by atoms with Crippen molar-refractivity contribution in [3.8, 4) is 11.3 Å². The first-order chi connectivity index (χ1) is 9.40. The molecule has 0 saturated carbocycles. The molecule has 0 saturated heterocycles. The maximum atomic E-state index is 5.54. The largest absolute Gasteiger partial charge is 0.443 e. The quantitative estimate of drug-likeness (QED) is 0.712. The van der Waals surface area contributed by atoms with E-state index in [2.05, 4.69) is 22.3 Å². The Morgan fingerprint density at radius 1 is 1.37 bits per heavy atom. The molecule has 3 aromatic heterocycles. The monoisotopic (exact) mass is 256 g/mol. The van der Waals surface area contributed by atoms with Crippen LogP contribution in [0.5, 0.6) is 0 Å². The van der Waals surface area contributed by atoms with E-state index < -0.39 is 0 Å². The van der Waals surface area contributed by atoms with Crippen molar-refractivity contribution in [2.45, 2.75) is 19.9 Å². The number of oxazole rings is 1. The molecule has 0 aliphatic carbocycles. The summed E-state index contributed by atoms with van der Waals surface area (Å²) in [6.45, 7) is 3.83. The summed E-state index contributed by atoms with van der Waals surface area (Å²) in [4.78, 5) is 4.28. The van der Waals surface area contributed by atoms with Crippen molar-refractivity contribution in [3.05, 3.63) is 42.7 Å². The number of pyridine rings is 1. The molecular formula is C14H16N4O. The number of aromatic nitrogens is 3. The Morgan fingerprint density at radius 2 is 2.32 bits per heavy atom. The van der Waals surface area contributed by atoms with Gasteiger partial charge in [-0.15, -0.1) is 0 Å². The van der Waals surface area contributed by atoms with Crippen LogP contribution in [0.3, 0.4) is 0 Å². The van der Waals surface area contributed by atoms with Gasteiger partial charge in [-0.05, 0) is 25.1 Å². The van der Waals surface area contributed by atoms with Gasteiger partial charge in [0, 0.05) is 12.7 Å². The zero-order chi connectivity index (χ0) is 13.1. The molecule has 3 heterocycles. The maximum absolute atomic E-state index is 5.54. The van der Waals surface area contributed by atoms with Crippen LogP contribution < -0.4 is 5.32 Å². The molecule has 3 rings (SSSR count). The van der Waals surface area contributed by atoms with Crippen molar-refractivity contribution in [1.29, 1.82) is 0 Å². The fourth-order valence-corrected chi connectivity index (χ4v) is 2.11. The summed E-state index contributed by atoms with van der Waals surface area (Å²) >= 11 is 0. The average Bonchev–Trinajstić information content (AvgIpc) is 3.04. The fraction of sp³-hybridized carbons (Fsp3) is 0.286. The Morgan fingerprint density at radius 3 is 3.21 bits per heavy atom. The lowest BCUT2D eigenvalue weighted by atomic mass is 10.2. The standard InChI is InChI=1S/C14H16N4O/c1-2-6-15-9-12-14(19-10-16-12)11-8-17-18-7-4-3-5-13(11)18/h3-5,7-8,10,15H,2,6,9H2,1H3. The van der Waals surface area contributed by atoms with Crippen molar-refractivity contribution in [2.75, 3.05) is 6.54 Å². The summed E-state index contributed by atoms with van der Waals surface area (Å²) in [6, 6.07) is 5.97. The maximum Gasteiger partial charge on any atom is 0.181 e. The average molecular weight is 256 g/mol. The van der Waals surface area contributed by atoms with Gasteiger partial charge < -0.3 is 9.73 Å². The van der Waals surface area contributed by atoms with Crippen LogP contribution in [0.15, 0.2) is 41.4 Å². The fourth-order valence-electron chi connectivity index (χ4n) is 2.11. The third kappa shape index (κ3) is 2.24. The first-order valence-electron chi connectivity index (χ1n) is 6.46. The van der Waals surface area contributed by atoms with Crippen molar-refractivity contribution >= 4 is 5.52 Å². The van der Waals surface area contributed by atoms with Gasteiger partial charge in [0.1, 0.15) is 5.69 Å². The lowest BCUT2D eigenvalue weighted by molar-refractivity contribution is 0.570. The predicted molar refractivity (Wildman–Crippen MR) is 72.7 cm³/mol. The molecule has 98 valence electrons. The summed E-state index contributed by atoms with van der Waals surface area (Å²) in [5, 5.41) is 7.66. The molecule has 1 N–H and O–H groups in total. The van der Waals surface area contributed by atoms with E-state index in [4.69, 9.17) is 4.42 Å². The molecule has 0 aromatic carbocycles. The van der Waals surface area contributed by atoms with E-state index in [1.165, 1.54) is 6.39 Å². The van der Waals surface area contributed by atoms with Gasteiger partial charge in [-0.1, -0.05) is 13.0 Å². The minimum absolute atomic E-state index is 0.712. The topological polar surface area (TPSA) is 55.4 Å². The number of rotatable bonds is 5. The zero-order valence-corrected chi connectivity index (χ0v) is 10.8. The summed E-state index contributed by atoms with van der Waals surface area (Å²) in [5.41, 5.74) is 2.93. The molecule has 0 aliphatic heterocycles.